The second kappa shape index (κ2) is 15.8. The first-order valence-corrected chi connectivity index (χ1v) is 10.8. The standard InChI is InChI=1S/C15H17N2O.C14H14.K/c1-5-14-9-13(6-7-15(14)16-4)8-11(2)10-17-12(3)18;1-2-12-8-6-7-11-14(12)13-9-4-3-5-10-13;/h5-9H,1-4H3;3-11H,2H2,1H3;/q-1;;+1/b11-8+,14-5-,16-15?;;. The summed E-state index contributed by atoms with van der Waals surface area (Å²) < 4.78 is 0. The maximum atomic E-state index is 10.7. The van der Waals surface area contributed by atoms with Crippen LogP contribution in [-0.4, -0.2) is 24.9 Å². The third-order valence-corrected chi connectivity index (χ3v) is 4.86. The van der Waals surface area contributed by atoms with Crippen molar-refractivity contribution >= 4 is 17.8 Å². The second-order valence-corrected chi connectivity index (χ2v) is 7.28. The van der Waals surface area contributed by atoms with Crippen LogP contribution >= 0.6 is 0 Å². The van der Waals surface area contributed by atoms with Crippen LogP contribution < -0.4 is 51.4 Å². The van der Waals surface area contributed by atoms with Crippen LogP contribution in [0.5, 0.6) is 0 Å². The summed E-state index contributed by atoms with van der Waals surface area (Å²) >= 11 is 0. The van der Waals surface area contributed by atoms with E-state index >= 15 is 0 Å². The van der Waals surface area contributed by atoms with Gasteiger partial charge >= 0.3 is 51.4 Å². The van der Waals surface area contributed by atoms with E-state index in [1.54, 1.807) is 7.05 Å². The molecule has 3 nitrogen and oxygen atoms in total. The molecule has 0 aliphatic heterocycles. The number of benzene rings is 2. The number of carbonyl (C=O) groups excluding carboxylic acids is 1. The van der Waals surface area contributed by atoms with Gasteiger partial charge in [0.15, 0.2) is 0 Å². The predicted molar refractivity (Wildman–Crippen MR) is 137 cm³/mol. The van der Waals surface area contributed by atoms with E-state index in [9.17, 15) is 4.79 Å². The predicted octanol–water partition coefficient (Wildman–Crippen LogP) is 3.86. The van der Waals surface area contributed by atoms with Crippen LogP contribution in [0, 0.1) is 0 Å². The summed E-state index contributed by atoms with van der Waals surface area (Å²) in [6.07, 6.45) is 13.7. The summed E-state index contributed by atoms with van der Waals surface area (Å²) in [7, 11) is 1.77. The van der Waals surface area contributed by atoms with Gasteiger partial charge < -0.3 is 9.79 Å². The van der Waals surface area contributed by atoms with Crippen molar-refractivity contribution in [1.29, 1.82) is 0 Å². The molecule has 0 saturated heterocycles. The van der Waals surface area contributed by atoms with Gasteiger partial charge in [0.2, 0.25) is 0 Å². The van der Waals surface area contributed by atoms with Gasteiger partial charge in [0.05, 0.1) is 5.71 Å². The van der Waals surface area contributed by atoms with Crippen LogP contribution in [0.2, 0.25) is 0 Å². The van der Waals surface area contributed by atoms with Gasteiger partial charge in [0, 0.05) is 7.05 Å². The molecule has 0 heterocycles. The van der Waals surface area contributed by atoms with Crippen molar-refractivity contribution in [2.24, 2.45) is 9.98 Å². The first-order valence-electron chi connectivity index (χ1n) is 10.8. The zero-order valence-corrected chi connectivity index (χ0v) is 23.7. The van der Waals surface area contributed by atoms with Gasteiger partial charge in [-0.1, -0.05) is 98.5 Å². The smallest absolute Gasteiger partial charge is 0.354 e. The Bertz CT molecular complexity index is 1100. The number of rotatable bonds is 4. The molecule has 4 heteroatoms. The number of hydrogen-bond donors (Lipinski definition) is 0. The quantitative estimate of drug-likeness (QED) is 0.386. The Kier molecular flexibility index (Phi) is 13.9. The molecule has 2 aromatic carbocycles. The van der Waals surface area contributed by atoms with Crippen molar-refractivity contribution in [2.45, 2.75) is 34.1 Å². The number of nitrogens with zero attached hydrogens (tertiary/aromatic N) is 2. The SMILES string of the molecule is C/C=C1C=C(/C=C(\C)[C-]=NC(C)=O)C=CC/1=NC.CCc1ccccc1-c1ccccc1.[K+]. The van der Waals surface area contributed by atoms with Crippen molar-refractivity contribution in [3.05, 3.63) is 107 Å². The monoisotopic (exact) mass is 462 g/mol. The van der Waals surface area contributed by atoms with Crippen LogP contribution in [0.15, 0.2) is 112 Å². The van der Waals surface area contributed by atoms with E-state index < -0.39 is 0 Å². The molecule has 0 aromatic heterocycles. The Labute approximate surface area is 241 Å². The van der Waals surface area contributed by atoms with Crippen LogP contribution in [0.4, 0.5) is 0 Å². The average molecular weight is 463 g/mol. The topological polar surface area (TPSA) is 41.8 Å². The van der Waals surface area contributed by atoms with Crippen molar-refractivity contribution in [3.8, 4) is 11.1 Å². The number of aryl methyl sites for hydroxylation is 1. The van der Waals surface area contributed by atoms with E-state index in [0.717, 1.165) is 28.9 Å². The van der Waals surface area contributed by atoms with Gasteiger partial charge in [0.1, 0.15) is 5.91 Å². The summed E-state index contributed by atoms with van der Waals surface area (Å²) in [5.74, 6) is -0.245. The molecule has 0 fully saturated rings. The van der Waals surface area contributed by atoms with Gasteiger partial charge in [-0.3, -0.25) is 4.99 Å². The molecular formula is C29H31KN2O. The Morgan fingerprint density at radius 2 is 1.67 bits per heavy atom. The maximum Gasteiger partial charge on any atom is 1.00 e. The van der Waals surface area contributed by atoms with Crippen LogP contribution in [0.1, 0.15) is 33.3 Å². The largest absolute Gasteiger partial charge is 1.00 e. The Morgan fingerprint density at radius 3 is 2.27 bits per heavy atom. The minimum absolute atomic E-state index is 0. The normalized spacial score (nSPS) is 15.7. The Hall–Kier alpha value is -1.95. The van der Waals surface area contributed by atoms with Gasteiger partial charge in [-0.15, -0.1) is 11.6 Å². The van der Waals surface area contributed by atoms with E-state index in [-0.39, 0.29) is 57.3 Å². The van der Waals surface area contributed by atoms with Gasteiger partial charge in [-0.05, 0) is 48.6 Å². The maximum absolute atomic E-state index is 10.7. The van der Waals surface area contributed by atoms with E-state index in [4.69, 9.17) is 0 Å². The zero-order chi connectivity index (χ0) is 23.3. The molecule has 0 N–H and O–H groups in total. The van der Waals surface area contributed by atoms with E-state index in [1.807, 2.05) is 44.2 Å². The minimum Gasteiger partial charge on any atom is -0.354 e. The molecular weight excluding hydrogens is 431 g/mol. The third kappa shape index (κ3) is 9.82. The molecule has 0 spiro atoms. The fraction of sp³-hybridized carbons (Fsp3) is 0.207. The molecule has 2 aromatic rings. The third-order valence-electron chi connectivity index (χ3n) is 4.86. The molecule has 3 rings (SSSR count). The average Bonchev–Trinajstić information content (AvgIpc) is 2.83. The summed E-state index contributed by atoms with van der Waals surface area (Å²) in [5.41, 5.74) is 7.99. The molecule has 33 heavy (non-hydrogen) atoms. The minimum atomic E-state index is -0.245. The van der Waals surface area contributed by atoms with Gasteiger partial charge in [-0.25, -0.2) is 0 Å². The molecule has 0 saturated carbocycles. The number of hydrogen-bond acceptors (Lipinski definition) is 2. The molecule has 1 amide bonds. The fourth-order valence-electron chi connectivity index (χ4n) is 3.27. The number of allylic oxidation sites excluding steroid dienone is 8. The molecule has 0 unspecified atom stereocenters. The molecule has 0 atom stereocenters. The molecule has 1 aliphatic rings. The second-order valence-electron chi connectivity index (χ2n) is 7.28. The Morgan fingerprint density at radius 1 is 1.00 bits per heavy atom. The van der Waals surface area contributed by atoms with Gasteiger partial charge in [0.25, 0.3) is 0 Å². The molecule has 0 radical (unpaired) electrons. The number of amides is 1. The summed E-state index contributed by atoms with van der Waals surface area (Å²) in [6, 6.07) is 19.1. The van der Waals surface area contributed by atoms with Crippen molar-refractivity contribution in [1.82, 2.24) is 0 Å². The fourth-order valence-corrected chi connectivity index (χ4v) is 3.27. The van der Waals surface area contributed by atoms with Crippen molar-refractivity contribution in [3.63, 3.8) is 0 Å². The summed E-state index contributed by atoms with van der Waals surface area (Å²) in [5, 5.41) is 0. The van der Waals surface area contributed by atoms with Crippen LogP contribution in [0.25, 0.3) is 11.1 Å². The molecule has 164 valence electrons. The van der Waals surface area contributed by atoms with Crippen LogP contribution in [-0.2, 0) is 11.2 Å². The molecule has 1 aliphatic carbocycles. The first-order chi connectivity index (χ1) is 15.5. The van der Waals surface area contributed by atoms with Crippen molar-refractivity contribution < 1.29 is 56.2 Å². The zero-order valence-electron chi connectivity index (χ0n) is 20.6. The van der Waals surface area contributed by atoms with Crippen LogP contribution in [0.3, 0.4) is 0 Å². The summed E-state index contributed by atoms with van der Waals surface area (Å²) in [6.45, 7) is 7.44. The van der Waals surface area contributed by atoms with Crippen molar-refractivity contribution in [2.75, 3.05) is 7.05 Å². The van der Waals surface area contributed by atoms with Gasteiger partial charge in [-0.2, -0.15) is 0 Å². The number of carbonyl (C=O) groups is 1. The molecule has 0 bridgehead atoms. The van der Waals surface area contributed by atoms with E-state index in [0.29, 0.717) is 0 Å². The van der Waals surface area contributed by atoms with E-state index in [1.165, 1.54) is 23.6 Å². The number of aliphatic imine (C=N–C) groups is 2. The Balaban J connectivity index is 0.000000328. The van der Waals surface area contributed by atoms with E-state index in [2.05, 4.69) is 77.7 Å². The summed E-state index contributed by atoms with van der Waals surface area (Å²) in [4.78, 5) is 18.5. The first kappa shape index (κ1) is 29.1.